The maximum Gasteiger partial charge on any atom is 0.461 e. The molecule has 0 spiro atoms. The van der Waals surface area contributed by atoms with Crippen LogP contribution in [0.3, 0.4) is 0 Å². The van der Waals surface area contributed by atoms with Crippen molar-refractivity contribution in [2.45, 2.75) is 77.8 Å². The third-order valence-electron chi connectivity index (χ3n) is 4.87. The molecule has 0 aromatic carbocycles. The quantitative estimate of drug-likeness (QED) is 0.645. The van der Waals surface area contributed by atoms with Gasteiger partial charge in [0, 0.05) is 0 Å². The van der Waals surface area contributed by atoms with E-state index in [4.69, 9.17) is 9.31 Å². The molecule has 0 bridgehead atoms. The Hall–Kier alpha value is -0.0151. The average molecular weight is 238 g/mol. The molecule has 0 radical (unpaired) electrons. The molecule has 0 aromatic rings. The van der Waals surface area contributed by atoms with Gasteiger partial charge in [-0.1, -0.05) is 13.8 Å². The minimum absolute atomic E-state index is 0.00481. The zero-order valence-electron chi connectivity index (χ0n) is 12.2. The van der Waals surface area contributed by atoms with Crippen LogP contribution in [0.5, 0.6) is 0 Å². The smallest absolute Gasteiger partial charge is 0.403 e. The maximum absolute atomic E-state index is 6.18. The molecule has 3 heteroatoms. The van der Waals surface area contributed by atoms with E-state index in [2.05, 4.69) is 41.5 Å². The summed E-state index contributed by atoms with van der Waals surface area (Å²) in [7, 11) is 0.00481. The van der Waals surface area contributed by atoms with Gasteiger partial charge in [-0.25, -0.2) is 0 Å². The molecule has 17 heavy (non-hydrogen) atoms. The Morgan fingerprint density at radius 2 is 1.24 bits per heavy atom. The third kappa shape index (κ3) is 2.55. The largest absolute Gasteiger partial charge is 0.461 e. The average Bonchev–Trinajstić information content (AvgIpc) is 2.34. The van der Waals surface area contributed by atoms with Gasteiger partial charge in [-0.05, 0) is 64.6 Å². The molecule has 2 atom stereocenters. The summed E-state index contributed by atoms with van der Waals surface area (Å²) in [5, 5.41) is 0. The van der Waals surface area contributed by atoms with Crippen LogP contribution in [-0.4, -0.2) is 18.3 Å². The lowest BCUT2D eigenvalue weighted by Crippen LogP contribution is -2.41. The van der Waals surface area contributed by atoms with Crippen LogP contribution in [-0.2, 0) is 9.31 Å². The van der Waals surface area contributed by atoms with Crippen LogP contribution in [0.4, 0.5) is 0 Å². The van der Waals surface area contributed by atoms with Gasteiger partial charge in [0.25, 0.3) is 0 Å². The first kappa shape index (κ1) is 13.4. The van der Waals surface area contributed by atoms with Crippen molar-refractivity contribution in [2.75, 3.05) is 0 Å². The molecule has 1 saturated heterocycles. The van der Waals surface area contributed by atoms with Crippen molar-refractivity contribution in [3.8, 4) is 0 Å². The normalized spacial score (nSPS) is 40.6. The molecule has 2 fully saturated rings. The molecule has 2 nitrogen and oxygen atoms in total. The predicted molar refractivity (Wildman–Crippen MR) is 72.0 cm³/mol. The molecule has 1 aliphatic carbocycles. The van der Waals surface area contributed by atoms with E-state index in [1.165, 1.54) is 19.3 Å². The van der Waals surface area contributed by atoms with E-state index < -0.39 is 0 Å². The monoisotopic (exact) mass is 238 g/mol. The highest BCUT2D eigenvalue weighted by Gasteiger charge is 2.54. The van der Waals surface area contributed by atoms with E-state index in [1.807, 2.05) is 0 Å². The molecule has 2 aliphatic rings. The van der Waals surface area contributed by atoms with Crippen LogP contribution < -0.4 is 0 Å². The summed E-state index contributed by atoms with van der Waals surface area (Å²) in [5.41, 5.74) is -0.358. The van der Waals surface area contributed by atoms with Crippen LogP contribution in [0, 0.1) is 11.8 Å². The molecule has 0 amide bonds. The first-order chi connectivity index (χ1) is 7.71. The summed E-state index contributed by atoms with van der Waals surface area (Å²) in [6.07, 6.45) is 3.86. The van der Waals surface area contributed by atoms with E-state index in [-0.39, 0.29) is 18.3 Å². The molecule has 0 N–H and O–H groups in total. The van der Waals surface area contributed by atoms with Crippen molar-refractivity contribution < 1.29 is 9.31 Å². The van der Waals surface area contributed by atoms with Gasteiger partial charge < -0.3 is 9.31 Å². The fourth-order valence-corrected chi connectivity index (χ4v) is 3.31. The van der Waals surface area contributed by atoms with Gasteiger partial charge >= 0.3 is 7.12 Å². The highest BCUT2D eigenvalue weighted by Crippen LogP contribution is 2.46. The Balaban J connectivity index is 2.05. The Kier molecular flexibility index (Phi) is 3.37. The second kappa shape index (κ2) is 4.27. The third-order valence-corrected chi connectivity index (χ3v) is 4.87. The number of hydrogen-bond donors (Lipinski definition) is 0. The van der Waals surface area contributed by atoms with Crippen molar-refractivity contribution in [3.05, 3.63) is 0 Å². The van der Waals surface area contributed by atoms with Gasteiger partial charge in [0.1, 0.15) is 0 Å². The Morgan fingerprint density at radius 1 is 0.824 bits per heavy atom. The number of hydrogen-bond acceptors (Lipinski definition) is 2. The highest BCUT2D eigenvalue weighted by atomic mass is 16.7. The van der Waals surface area contributed by atoms with E-state index in [0.717, 1.165) is 11.8 Å². The predicted octanol–water partition coefficient (Wildman–Crippen LogP) is 3.90. The Bertz CT molecular complexity index is 262. The molecule has 1 heterocycles. The van der Waals surface area contributed by atoms with Crippen molar-refractivity contribution in [1.29, 1.82) is 0 Å². The molecule has 1 saturated carbocycles. The maximum atomic E-state index is 6.18. The summed E-state index contributed by atoms with van der Waals surface area (Å²) in [4.78, 5) is 0. The zero-order valence-corrected chi connectivity index (χ0v) is 12.2. The minimum atomic E-state index is -0.179. The first-order valence-corrected chi connectivity index (χ1v) is 7.07. The lowest BCUT2D eigenvalue weighted by atomic mass is 9.60. The topological polar surface area (TPSA) is 18.5 Å². The van der Waals surface area contributed by atoms with Crippen molar-refractivity contribution in [2.24, 2.45) is 11.8 Å². The molecule has 98 valence electrons. The van der Waals surface area contributed by atoms with Crippen molar-refractivity contribution in [1.82, 2.24) is 0 Å². The van der Waals surface area contributed by atoms with Gasteiger partial charge in [0.15, 0.2) is 0 Å². The number of rotatable bonds is 1. The summed E-state index contributed by atoms with van der Waals surface area (Å²) < 4.78 is 12.4. The van der Waals surface area contributed by atoms with Gasteiger partial charge in [-0.15, -0.1) is 0 Å². The van der Waals surface area contributed by atoms with E-state index in [1.54, 1.807) is 0 Å². The van der Waals surface area contributed by atoms with Gasteiger partial charge in [0.2, 0.25) is 0 Å². The van der Waals surface area contributed by atoms with Gasteiger partial charge in [0.05, 0.1) is 11.2 Å². The Morgan fingerprint density at radius 3 is 1.65 bits per heavy atom. The second-order valence-corrected chi connectivity index (χ2v) is 7.30. The standard InChI is InChI=1S/C14H27BO2/c1-10-7-11(2)9-12(8-10)15-16-13(3,4)14(5,6)17-15/h10-12H,7-9H2,1-6H3/t10-,11-/m1/s1. The van der Waals surface area contributed by atoms with Crippen molar-refractivity contribution in [3.63, 3.8) is 0 Å². The lowest BCUT2D eigenvalue weighted by Gasteiger charge is -2.32. The lowest BCUT2D eigenvalue weighted by molar-refractivity contribution is 0.00578. The van der Waals surface area contributed by atoms with E-state index >= 15 is 0 Å². The van der Waals surface area contributed by atoms with Crippen LogP contribution in [0.25, 0.3) is 0 Å². The molecular weight excluding hydrogens is 211 g/mol. The van der Waals surface area contributed by atoms with Crippen LogP contribution >= 0.6 is 0 Å². The summed E-state index contributed by atoms with van der Waals surface area (Å²) in [6.45, 7) is 13.3. The van der Waals surface area contributed by atoms with Gasteiger partial charge in [-0.2, -0.15) is 0 Å². The van der Waals surface area contributed by atoms with Crippen LogP contribution in [0.2, 0.25) is 5.82 Å². The SMILES string of the molecule is C[C@H]1CC(B2OC(C)(C)C(C)(C)O2)C[C@H](C)C1. The van der Waals surface area contributed by atoms with Gasteiger partial charge in [-0.3, -0.25) is 0 Å². The summed E-state index contributed by atoms with van der Waals surface area (Å²) in [6, 6.07) is 0. The molecule has 2 rings (SSSR count). The molecule has 0 aromatic heterocycles. The van der Waals surface area contributed by atoms with Crippen molar-refractivity contribution >= 4 is 7.12 Å². The minimum Gasteiger partial charge on any atom is -0.403 e. The summed E-state index contributed by atoms with van der Waals surface area (Å²) in [5.74, 6) is 2.19. The molecular formula is C14H27BO2. The Labute approximate surface area is 107 Å². The molecule has 1 aliphatic heterocycles. The fourth-order valence-electron chi connectivity index (χ4n) is 3.31. The zero-order chi connectivity index (χ0) is 12.8. The first-order valence-electron chi connectivity index (χ1n) is 7.07. The second-order valence-electron chi connectivity index (χ2n) is 7.30. The molecule has 0 unspecified atom stereocenters. The fraction of sp³-hybridized carbons (Fsp3) is 1.00. The van der Waals surface area contributed by atoms with E-state index in [9.17, 15) is 0 Å². The summed E-state index contributed by atoms with van der Waals surface area (Å²) >= 11 is 0. The highest BCUT2D eigenvalue weighted by molar-refractivity contribution is 6.47. The van der Waals surface area contributed by atoms with Crippen LogP contribution in [0.15, 0.2) is 0 Å². The van der Waals surface area contributed by atoms with Crippen LogP contribution in [0.1, 0.15) is 60.8 Å². The van der Waals surface area contributed by atoms with E-state index in [0.29, 0.717) is 5.82 Å².